The molecule has 3 N–H and O–H groups in total. The minimum atomic E-state index is -0.715. The molecule has 1 aromatic heterocycles. The predicted molar refractivity (Wildman–Crippen MR) is 65.5 cm³/mol. The van der Waals surface area contributed by atoms with E-state index in [2.05, 4.69) is 4.98 Å². The minimum absolute atomic E-state index is 0.134. The van der Waals surface area contributed by atoms with Crippen molar-refractivity contribution >= 4 is 5.82 Å². The summed E-state index contributed by atoms with van der Waals surface area (Å²) in [5.74, 6) is 0.134. The average molecular weight is 271 g/mol. The number of nitrogen functional groups attached to an aromatic ring is 1. The van der Waals surface area contributed by atoms with Crippen LogP contribution in [0.15, 0.2) is 17.1 Å². The van der Waals surface area contributed by atoms with E-state index in [9.17, 15) is 9.90 Å². The summed E-state index contributed by atoms with van der Waals surface area (Å²) >= 11 is 0. The van der Waals surface area contributed by atoms with Gasteiger partial charge in [0, 0.05) is 20.4 Å². The number of rotatable bonds is 4. The number of methoxy groups -OCH3 is 2. The summed E-state index contributed by atoms with van der Waals surface area (Å²) in [5.41, 5.74) is 4.90. The highest BCUT2D eigenvalue weighted by Gasteiger charge is 2.46. The minimum Gasteiger partial charge on any atom is -0.394 e. The SMILES string of the molecule is COC1C(CO)OC(n2ccc(N)nc2=O)C1OC. The van der Waals surface area contributed by atoms with E-state index < -0.39 is 30.2 Å². The van der Waals surface area contributed by atoms with Gasteiger partial charge < -0.3 is 25.1 Å². The maximum atomic E-state index is 11.8. The molecule has 0 aliphatic carbocycles. The number of nitrogens with two attached hydrogens (primary N) is 1. The summed E-state index contributed by atoms with van der Waals surface area (Å²) in [6.45, 7) is -0.230. The molecule has 0 saturated carbocycles. The lowest BCUT2D eigenvalue weighted by Crippen LogP contribution is -2.38. The lowest BCUT2D eigenvalue weighted by molar-refractivity contribution is -0.0624. The number of ether oxygens (including phenoxy) is 3. The zero-order valence-electron chi connectivity index (χ0n) is 10.7. The van der Waals surface area contributed by atoms with Gasteiger partial charge in [-0.1, -0.05) is 0 Å². The smallest absolute Gasteiger partial charge is 0.351 e. The zero-order valence-corrected chi connectivity index (χ0v) is 10.7. The fraction of sp³-hybridized carbons (Fsp3) is 0.636. The number of aliphatic hydroxyl groups is 1. The molecule has 4 unspecified atom stereocenters. The van der Waals surface area contributed by atoms with Gasteiger partial charge >= 0.3 is 5.69 Å². The first-order chi connectivity index (χ1) is 9.12. The average Bonchev–Trinajstić information content (AvgIpc) is 2.76. The van der Waals surface area contributed by atoms with Crippen molar-refractivity contribution in [3.8, 4) is 0 Å². The van der Waals surface area contributed by atoms with Crippen molar-refractivity contribution in [1.82, 2.24) is 9.55 Å². The van der Waals surface area contributed by atoms with Crippen LogP contribution in [0.5, 0.6) is 0 Å². The van der Waals surface area contributed by atoms with Crippen molar-refractivity contribution in [2.45, 2.75) is 24.5 Å². The number of nitrogens with zero attached hydrogens (tertiary/aromatic N) is 2. The van der Waals surface area contributed by atoms with Crippen LogP contribution < -0.4 is 11.4 Å². The molecule has 8 heteroatoms. The molecular weight excluding hydrogens is 254 g/mol. The van der Waals surface area contributed by atoms with Crippen LogP contribution in [0.25, 0.3) is 0 Å². The third-order valence-electron chi connectivity index (χ3n) is 3.14. The van der Waals surface area contributed by atoms with Crippen LogP contribution in [-0.4, -0.2) is 53.8 Å². The first-order valence-electron chi connectivity index (χ1n) is 5.79. The number of hydrogen-bond donors (Lipinski definition) is 2. The van der Waals surface area contributed by atoms with Crippen LogP contribution in [0.4, 0.5) is 5.82 Å². The molecule has 1 aromatic rings. The van der Waals surface area contributed by atoms with Gasteiger partial charge in [0.25, 0.3) is 0 Å². The Labute approximate surface area is 109 Å². The van der Waals surface area contributed by atoms with Crippen LogP contribution >= 0.6 is 0 Å². The predicted octanol–water partition coefficient (Wildman–Crippen LogP) is -1.25. The second-order valence-electron chi connectivity index (χ2n) is 4.19. The Kier molecular flexibility index (Phi) is 4.15. The van der Waals surface area contributed by atoms with Crippen molar-refractivity contribution < 1.29 is 19.3 Å². The largest absolute Gasteiger partial charge is 0.394 e. The number of anilines is 1. The van der Waals surface area contributed by atoms with E-state index in [-0.39, 0.29) is 12.4 Å². The van der Waals surface area contributed by atoms with Crippen LogP contribution in [0.2, 0.25) is 0 Å². The molecule has 1 fully saturated rings. The molecule has 0 amide bonds. The van der Waals surface area contributed by atoms with Crippen molar-refractivity contribution in [3.63, 3.8) is 0 Å². The van der Waals surface area contributed by atoms with Crippen LogP contribution in [0.1, 0.15) is 6.23 Å². The van der Waals surface area contributed by atoms with Gasteiger partial charge in [0.15, 0.2) is 6.23 Å². The normalized spacial score (nSPS) is 30.7. The topological polar surface area (TPSA) is 109 Å². The van der Waals surface area contributed by atoms with Gasteiger partial charge in [-0.2, -0.15) is 4.98 Å². The van der Waals surface area contributed by atoms with E-state index in [0.29, 0.717) is 0 Å². The monoisotopic (exact) mass is 271 g/mol. The highest BCUT2D eigenvalue weighted by atomic mass is 16.6. The summed E-state index contributed by atoms with van der Waals surface area (Å²) in [6.07, 6.45) is -0.791. The molecule has 2 rings (SSSR count). The Balaban J connectivity index is 2.35. The van der Waals surface area contributed by atoms with E-state index in [1.165, 1.54) is 31.0 Å². The lowest BCUT2D eigenvalue weighted by Gasteiger charge is -2.21. The van der Waals surface area contributed by atoms with E-state index in [0.717, 1.165) is 0 Å². The molecule has 0 radical (unpaired) electrons. The van der Waals surface area contributed by atoms with Crippen LogP contribution in [-0.2, 0) is 14.2 Å². The van der Waals surface area contributed by atoms with E-state index >= 15 is 0 Å². The molecule has 19 heavy (non-hydrogen) atoms. The molecule has 2 heterocycles. The fourth-order valence-electron chi connectivity index (χ4n) is 2.23. The second kappa shape index (κ2) is 5.66. The first-order valence-corrected chi connectivity index (χ1v) is 5.79. The van der Waals surface area contributed by atoms with E-state index in [4.69, 9.17) is 19.9 Å². The standard InChI is InChI=1S/C11H17N3O5/c1-17-8-6(5-15)19-10(9(8)18-2)14-4-3-7(12)13-11(14)16/h3-4,6,8-10,15H,5H2,1-2H3,(H2,12,13,16). The van der Waals surface area contributed by atoms with Crippen molar-refractivity contribution in [1.29, 1.82) is 0 Å². The summed E-state index contributed by atoms with van der Waals surface area (Å²) in [4.78, 5) is 15.4. The zero-order chi connectivity index (χ0) is 14.0. The lowest BCUT2D eigenvalue weighted by atomic mass is 10.1. The van der Waals surface area contributed by atoms with Gasteiger partial charge in [-0.15, -0.1) is 0 Å². The molecule has 1 aliphatic heterocycles. The maximum absolute atomic E-state index is 11.8. The van der Waals surface area contributed by atoms with Gasteiger partial charge in [-0.05, 0) is 6.07 Å². The summed E-state index contributed by atoms with van der Waals surface area (Å²) in [6, 6.07) is 1.49. The van der Waals surface area contributed by atoms with Crippen LogP contribution in [0.3, 0.4) is 0 Å². The molecule has 1 aliphatic rings. The Hall–Kier alpha value is -1.48. The summed E-state index contributed by atoms with van der Waals surface area (Å²) in [7, 11) is 2.98. The third kappa shape index (κ3) is 2.47. The Bertz CT molecular complexity index is 491. The third-order valence-corrected chi connectivity index (χ3v) is 3.14. The molecule has 8 nitrogen and oxygen atoms in total. The first kappa shape index (κ1) is 13.9. The molecular formula is C11H17N3O5. The number of aromatic nitrogens is 2. The van der Waals surface area contributed by atoms with Crippen molar-refractivity contribution in [2.24, 2.45) is 0 Å². The molecule has 106 valence electrons. The van der Waals surface area contributed by atoms with Gasteiger partial charge in [-0.25, -0.2) is 4.79 Å². The van der Waals surface area contributed by atoms with E-state index in [1.54, 1.807) is 0 Å². The quantitative estimate of drug-likeness (QED) is 0.703. The number of aliphatic hydroxyl groups excluding tert-OH is 1. The van der Waals surface area contributed by atoms with Gasteiger partial charge in [0.1, 0.15) is 24.1 Å². The van der Waals surface area contributed by atoms with Crippen molar-refractivity contribution in [2.75, 3.05) is 26.6 Å². The molecule has 1 saturated heterocycles. The highest BCUT2D eigenvalue weighted by Crippen LogP contribution is 2.31. The van der Waals surface area contributed by atoms with Gasteiger partial charge in [-0.3, -0.25) is 4.57 Å². The summed E-state index contributed by atoms with van der Waals surface area (Å²) < 4.78 is 17.5. The number of hydrogen-bond acceptors (Lipinski definition) is 7. The highest BCUT2D eigenvalue weighted by molar-refractivity contribution is 5.23. The van der Waals surface area contributed by atoms with Crippen molar-refractivity contribution in [3.05, 3.63) is 22.7 Å². The fourth-order valence-corrected chi connectivity index (χ4v) is 2.23. The molecule has 0 bridgehead atoms. The van der Waals surface area contributed by atoms with Crippen LogP contribution in [0, 0.1) is 0 Å². The van der Waals surface area contributed by atoms with Gasteiger partial charge in [0.2, 0.25) is 0 Å². The summed E-state index contributed by atoms with van der Waals surface area (Å²) in [5, 5.41) is 9.28. The van der Waals surface area contributed by atoms with Gasteiger partial charge in [0.05, 0.1) is 6.61 Å². The maximum Gasteiger partial charge on any atom is 0.351 e. The Morgan fingerprint density at radius 3 is 2.68 bits per heavy atom. The van der Waals surface area contributed by atoms with E-state index in [1.807, 2.05) is 0 Å². The molecule has 0 spiro atoms. The second-order valence-corrected chi connectivity index (χ2v) is 4.19. The molecule has 0 aromatic carbocycles. The Morgan fingerprint density at radius 2 is 2.16 bits per heavy atom. The Morgan fingerprint density at radius 1 is 1.47 bits per heavy atom. The molecule has 4 atom stereocenters.